The summed E-state index contributed by atoms with van der Waals surface area (Å²) < 4.78 is 80.9. The van der Waals surface area contributed by atoms with Gasteiger partial charge in [0, 0.05) is 28.7 Å². The lowest BCUT2D eigenvalue weighted by Gasteiger charge is -2.23. The molecule has 4 aromatic rings. The number of nitrogens with zero attached hydrogens (tertiary/aromatic N) is 2. The van der Waals surface area contributed by atoms with Gasteiger partial charge in [-0.2, -0.15) is 26.3 Å². The number of nitrogens with one attached hydrogen (secondary N) is 1. The lowest BCUT2D eigenvalue weighted by atomic mass is 10.0. The molecule has 1 aliphatic carbocycles. The molecule has 0 atom stereocenters. The fraction of sp³-hybridized carbons (Fsp3) is 0.258. The summed E-state index contributed by atoms with van der Waals surface area (Å²) in [5, 5.41) is 13.1. The Morgan fingerprint density at radius 3 is 2.18 bits per heavy atom. The Morgan fingerprint density at radius 2 is 1.55 bits per heavy atom. The van der Waals surface area contributed by atoms with E-state index in [4.69, 9.17) is 5.11 Å². The normalized spacial score (nSPS) is 13.0. The number of carbonyl (C=O) groups is 2. The van der Waals surface area contributed by atoms with Gasteiger partial charge in [-0.3, -0.25) is 9.59 Å². The van der Waals surface area contributed by atoms with Crippen molar-refractivity contribution in [2.24, 2.45) is 0 Å². The molecular weight excluding hydrogens is 608 g/mol. The van der Waals surface area contributed by atoms with Gasteiger partial charge in [-0.05, 0) is 78.4 Å². The molecule has 0 saturated carbocycles. The number of alkyl halides is 6. The second kappa shape index (κ2) is 12.3. The van der Waals surface area contributed by atoms with Crippen molar-refractivity contribution in [1.82, 2.24) is 10.3 Å². The zero-order valence-corrected chi connectivity index (χ0v) is 23.7. The Balaban J connectivity index is 1.47. The first-order valence-corrected chi connectivity index (χ1v) is 14.4. The third-order valence-corrected chi connectivity index (χ3v) is 8.04. The summed E-state index contributed by atoms with van der Waals surface area (Å²) in [6, 6.07) is 13.9. The number of carboxylic acids is 1. The molecule has 0 unspecified atom stereocenters. The van der Waals surface area contributed by atoms with Crippen LogP contribution in [0.2, 0.25) is 0 Å². The number of carbonyl (C=O) groups excluding carboxylic acids is 1. The van der Waals surface area contributed by atoms with E-state index in [2.05, 4.69) is 10.3 Å². The number of hydrogen-bond acceptors (Lipinski definition) is 5. The summed E-state index contributed by atoms with van der Waals surface area (Å²) in [6.07, 6.45) is -7.34. The number of fused-ring (bicyclic) bond motifs is 1. The van der Waals surface area contributed by atoms with E-state index >= 15 is 0 Å². The molecule has 3 aromatic carbocycles. The Morgan fingerprint density at radius 1 is 0.886 bits per heavy atom. The van der Waals surface area contributed by atoms with Crippen LogP contribution in [0.5, 0.6) is 0 Å². The third-order valence-electron chi connectivity index (χ3n) is 7.18. The van der Waals surface area contributed by atoms with Crippen LogP contribution in [0.15, 0.2) is 66.0 Å². The molecule has 1 amide bonds. The maximum atomic E-state index is 13.5. The van der Waals surface area contributed by atoms with Gasteiger partial charge in [0.05, 0.1) is 29.8 Å². The molecule has 230 valence electrons. The number of anilines is 2. The van der Waals surface area contributed by atoms with E-state index in [1.165, 1.54) is 10.9 Å². The van der Waals surface area contributed by atoms with Gasteiger partial charge >= 0.3 is 18.3 Å². The molecule has 0 fully saturated rings. The van der Waals surface area contributed by atoms with Crippen molar-refractivity contribution in [3.63, 3.8) is 0 Å². The van der Waals surface area contributed by atoms with Gasteiger partial charge in [-0.1, -0.05) is 18.2 Å². The van der Waals surface area contributed by atoms with E-state index in [9.17, 15) is 35.9 Å². The van der Waals surface area contributed by atoms with Crippen molar-refractivity contribution >= 4 is 34.0 Å². The van der Waals surface area contributed by atoms with E-state index in [1.807, 2.05) is 23.1 Å². The average molecular weight is 634 g/mol. The Kier molecular flexibility index (Phi) is 8.69. The summed E-state index contributed by atoms with van der Waals surface area (Å²) in [6.45, 7) is 0.216. The van der Waals surface area contributed by atoms with E-state index in [1.54, 1.807) is 24.3 Å². The predicted octanol–water partition coefficient (Wildman–Crippen LogP) is 7.88. The SMILES string of the molecule is O=C(O)CCNC(=O)c1ccc(CN(c2ccc3c(c2)CCC3)c2nc(-c3cc(C(F)(F)F)cc(C(F)(F)F)c3)cs2)cc1. The highest BCUT2D eigenvalue weighted by atomic mass is 32.1. The zero-order chi connectivity index (χ0) is 31.6. The van der Waals surface area contributed by atoms with Crippen LogP contribution in [0, 0.1) is 0 Å². The van der Waals surface area contributed by atoms with Gasteiger partial charge in [0.2, 0.25) is 0 Å². The molecule has 0 spiro atoms. The number of hydrogen-bond donors (Lipinski definition) is 2. The molecule has 13 heteroatoms. The fourth-order valence-corrected chi connectivity index (χ4v) is 5.80. The summed E-state index contributed by atoms with van der Waals surface area (Å²) >= 11 is 1.09. The number of halogens is 6. The molecule has 0 radical (unpaired) electrons. The number of aromatic nitrogens is 1. The summed E-state index contributed by atoms with van der Waals surface area (Å²) in [7, 11) is 0. The minimum absolute atomic E-state index is 0.0231. The maximum absolute atomic E-state index is 13.5. The van der Waals surface area contributed by atoms with Crippen molar-refractivity contribution in [3.8, 4) is 11.3 Å². The molecule has 1 aromatic heterocycles. The minimum atomic E-state index is -4.98. The molecule has 0 bridgehead atoms. The van der Waals surface area contributed by atoms with Crippen LogP contribution in [0.3, 0.4) is 0 Å². The van der Waals surface area contributed by atoms with Gasteiger partial charge in [-0.15, -0.1) is 11.3 Å². The summed E-state index contributed by atoms with van der Waals surface area (Å²) in [4.78, 5) is 29.4. The highest BCUT2D eigenvalue weighted by Crippen LogP contribution is 2.41. The van der Waals surface area contributed by atoms with E-state index in [-0.39, 0.29) is 36.8 Å². The zero-order valence-electron chi connectivity index (χ0n) is 22.9. The lowest BCUT2D eigenvalue weighted by molar-refractivity contribution is -0.143. The minimum Gasteiger partial charge on any atom is -0.481 e. The fourth-order valence-electron chi connectivity index (χ4n) is 4.95. The van der Waals surface area contributed by atoms with Gasteiger partial charge in [0.1, 0.15) is 0 Å². The van der Waals surface area contributed by atoms with Crippen molar-refractivity contribution in [1.29, 1.82) is 0 Å². The molecular formula is C31H25F6N3O3S. The van der Waals surface area contributed by atoms with Crippen molar-refractivity contribution < 1.29 is 41.0 Å². The predicted molar refractivity (Wildman–Crippen MR) is 153 cm³/mol. The maximum Gasteiger partial charge on any atom is 0.416 e. The topological polar surface area (TPSA) is 82.5 Å². The molecule has 2 N–H and O–H groups in total. The van der Waals surface area contributed by atoms with Crippen LogP contribution in [0.1, 0.15) is 51.0 Å². The van der Waals surface area contributed by atoms with Gasteiger partial charge in [0.15, 0.2) is 5.13 Å². The number of benzene rings is 3. The molecule has 0 saturated heterocycles. The number of amides is 1. The monoisotopic (exact) mass is 633 g/mol. The largest absolute Gasteiger partial charge is 0.481 e. The Bertz CT molecular complexity index is 1650. The second-order valence-corrected chi connectivity index (χ2v) is 11.1. The van der Waals surface area contributed by atoms with Gasteiger partial charge in [0.25, 0.3) is 5.91 Å². The molecule has 1 heterocycles. The van der Waals surface area contributed by atoms with E-state index < -0.39 is 35.4 Å². The molecule has 6 nitrogen and oxygen atoms in total. The summed E-state index contributed by atoms with van der Waals surface area (Å²) in [5.41, 5.74) is 1.04. The molecule has 44 heavy (non-hydrogen) atoms. The van der Waals surface area contributed by atoms with Crippen molar-refractivity contribution in [2.75, 3.05) is 11.4 Å². The van der Waals surface area contributed by atoms with Crippen LogP contribution in [-0.4, -0.2) is 28.5 Å². The van der Waals surface area contributed by atoms with Crippen LogP contribution in [0.4, 0.5) is 37.2 Å². The average Bonchev–Trinajstić information content (AvgIpc) is 3.65. The van der Waals surface area contributed by atoms with E-state index in [0.717, 1.165) is 47.4 Å². The molecule has 1 aliphatic rings. The highest BCUT2D eigenvalue weighted by molar-refractivity contribution is 7.14. The number of thiazole rings is 1. The standard InChI is InChI=1S/C31H25F6N3O3S/c32-30(33,34)23-12-22(13-24(15-23)31(35,36)37)26-17-44-29(39-26)40(25-9-8-19-2-1-3-21(19)14-25)16-18-4-6-20(7-5-18)28(43)38-11-10-27(41)42/h4-9,12-15,17H,1-3,10-11,16H2,(H,38,43)(H,41,42). The number of aliphatic carboxylic acids is 1. The van der Waals surface area contributed by atoms with Crippen LogP contribution in [0.25, 0.3) is 11.3 Å². The quantitative estimate of drug-likeness (QED) is 0.183. The van der Waals surface area contributed by atoms with E-state index in [0.29, 0.717) is 22.8 Å². The Hall–Kier alpha value is -4.39. The number of carboxylic acid groups (broad SMARTS) is 1. The smallest absolute Gasteiger partial charge is 0.416 e. The van der Waals surface area contributed by atoms with Crippen LogP contribution < -0.4 is 10.2 Å². The van der Waals surface area contributed by atoms with Crippen LogP contribution >= 0.6 is 11.3 Å². The second-order valence-electron chi connectivity index (χ2n) is 10.3. The van der Waals surface area contributed by atoms with Gasteiger partial charge in [-0.25, -0.2) is 4.98 Å². The van der Waals surface area contributed by atoms with Crippen molar-refractivity contribution in [2.45, 2.75) is 44.6 Å². The third kappa shape index (κ3) is 7.21. The first-order chi connectivity index (χ1) is 20.8. The first-order valence-electron chi connectivity index (χ1n) is 13.5. The van der Waals surface area contributed by atoms with Crippen LogP contribution in [-0.2, 0) is 36.5 Å². The Labute approximate surface area is 252 Å². The van der Waals surface area contributed by atoms with Gasteiger partial charge < -0.3 is 15.3 Å². The molecule has 5 rings (SSSR count). The number of aryl methyl sites for hydroxylation is 2. The first kappa shape index (κ1) is 31.0. The summed E-state index contributed by atoms with van der Waals surface area (Å²) in [5.74, 6) is -1.47. The van der Waals surface area contributed by atoms with Crippen molar-refractivity contribution in [3.05, 3.63) is 99.4 Å². The highest BCUT2D eigenvalue weighted by Gasteiger charge is 2.37. The number of rotatable bonds is 9. The lowest BCUT2D eigenvalue weighted by Crippen LogP contribution is -2.26. The molecule has 0 aliphatic heterocycles.